The number of nitrogens with zero attached hydrogens (tertiary/aromatic N) is 1. The molecule has 1 N–H and O–H groups in total. The first-order chi connectivity index (χ1) is 12.9. The van der Waals surface area contributed by atoms with Gasteiger partial charge in [0, 0.05) is 11.8 Å². The van der Waals surface area contributed by atoms with Crippen LogP contribution in [0.4, 0.5) is 4.39 Å². The van der Waals surface area contributed by atoms with E-state index in [1.165, 1.54) is 16.0 Å². The molecule has 0 saturated heterocycles. The first-order valence-corrected chi connectivity index (χ1v) is 9.13. The van der Waals surface area contributed by atoms with Gasteiger partial charge in [-0.3, -0.25) is 9.20 Å². The van der Waals surface area contributed by atoms with Crippen molar-refractivity contribution in [1.29, 1.82) is 0 Å². The van der Waals surface area contributed by atoms with Gasteiger partial charge in [0.15, 0.2) is 0 Å². The summed E-state index contributed by atoms with van der Waals surface area (Å²) in [6.07, 6.45) is 3.93. The minimum Gasteiger partial charge on any atom is -0.477 e. The molecule has 1 fully saturated rings. The Morgan fingerprint density at radius 1 is 1.26 bits per heavy atom. The molecule has 0 radical (unpaired) electrons. The molecule has 4 nitrogen and oxygen atoms in total. The number of hydrogen-bond acceptors (Lipinski definition) is 2. The van der Waals surface area contributed by atoms with Crippen molar-refractivity contribution in [2.75, 3.05) is 0 Å². The molecule has 0 amide bonds. The van der Waals surface area contributed by atoms with Crippen molar-refractivity contribution in [2.24, 2.45) is 0 Å². The molecule has 0 bridgehead atoms. The summed E-state index contributed by atoms with van der Waals surface area (Å²) in [6.45, 7) is 3.86. The summed E-state index contributed by atoms with van der Waals surface area (Å²) in [6, 6.07) is 9.20. The van der Waals surface area contributed by atoms with Gasteiger partial charge in [-0.1, -0.05) is 31.2 Å². The molecule has 2 aromatic heterocycles. The summed E-state index contributed by atoms with van der Waals surface area (Å²) < 4.78 is 16.2. The minimum atomic E-state index is -1.28. The zero-order valence-electron chi connectivity index (χ0n) is 15.3. The third-order valence-corrected chi connectivity index (χ3v) is 5.37. The van der Waals surface area contributed by atoms with Crippen LogP contribution in [0.15, 0.2) is 41.3 Å². The number of hydrogen-bond donors (Lipinski definition) is 1. The molecule has 2 heterocycles. The number of halogens is 1. The lowest BCUT2D eigenvalue weighted by Crippen LogP contribution is -2.24. The van der Waals surface area contributed by atoms with Crippen LogP contribution in [0.2, 0.25) is 0 Å². The van der Waals surface area contributed by atoms with Gasteiger partial charge in [0.05, 0.1) is 5.52 Å². The number of fused-ring (bicyclic) bond motifs is 1. The summed E-state index contributed by atoms with van der Waals surface area (Å²) in [5.74, 6) is -1.59. The second-order valence-electron chi connectivity index (χ2n) is 7.14. The number of aryl methyl sites for hydroxylation is 2. The highest BCUT2D eigenvalue weighted by Gasteiger charge is 2.30. The molecule has 0 aliphatic heterocycles. The molecule has 5 heteroatoms. The minimum absolute atomic E-state index is 0.221. The molecule has 4 rings (SSSR count). The predicted octanol–water partition coefficient (Wildman–Crippen LogP) is 4.55. The van der Waals surface area contributed by atoms with Crippen LogP contribution in [0.1, 0.15) is 52.7 Å². The van der Waals surface area contributed by atoms with Crippen molar-refractivity contribution in [3.8, 4) is 11.1 Å². The SMILES string of the molecule is CCc1ccc(-c2c(F)cn3c(=O)c(C(=O)O)cc(C4CC4)c3c2C)cc1. The molecule has 0 atom stereocenters. The van der Waals surface area contributed by atoms with Crippen molar-refractivity contribution >= 4 is 11.5 Å². The Balaban J connectivity index is 2.05. The quantitative estimate of drug-likeness (QED) is 0.738. The van der Waals surface area contributed by atoms with E-state index in [0.29, 0.717) is 16.6 Å². The number of carboxylic acid groups (broad SMARTS) is 1. The van der Waals surface area contributed by atoms with Gasteiger partial charge in [-0.15, -0.1) is 0 Å². The number of rotatable bonds is 4. The first kappa shape index (κ1) is 17.5. The largest absolute Gasteiger partial charge is 0.477 e. The Morgan fingerprint density at radius 2 is 1.93 bits per heavy atom. The number of aromatic carboxylic acids is 1. The second-order valence-corrected chi connectivity index (χ2v) is 7.14. The molecule has 138 valence electrons. The van der Waals surface area contributed by atoms with Crippen molar-refractivity contribution in [3.63, 3.8) is 0 Å². The molecule has 1 aliphatic carbocycles. The van der Waals surface area contributed by atoms with Crippen LogP contribution in [0.5, 0.6) is 0 Å². The molecule has 0 spiro atoms. The maximum Gasteiger partial charge on any atom is 0.341 e. The van der Waals surface area contributed by atoms with Crippen molar-refractivity contribution < 1.29 is 14.3 Å². The summed E-state index contributed by atoms with van der Waals surface area (Å²) in [5.41, 5.74) is 3.47. The van der Waals surface area contributed by atoms with E-state index in [0.717, 1.165) is 36.6 Å². The van der Waals surface area contributed by atoms with E-state index in [9.17, 15) is 14.7 Å². The van der Waals surface area contributed by atoms with Crippen LogP contribution in [0.3, 0.4) is 0 Å². The van der Waals surface area contributed by atoms with Gasteiger partial charge in [-0.05, 0) is 60.4 Å². The number of aromatic nitrogens is 1. The van der Waals surface area contributed by atoms with E-state index in [1.807, 2.05) is 24.3 Å². The van der Waals surface area contributed by atoms with Gasteiger partial charge in [-0.2, -0.15) is 0 Å². The van der Waals surface area contributed by atoms with Gasteiger partial charge in [0.2, 0.25) is 0 Å². The third kappa shape index (κ3) is 2.83. The molecule has 1 saturated carbocycles. The van der Waals surface area contributed by atoms with E-state index in [-0.39, 0.29) is 11.5 Å². The molecule has 27 heavy (non-hydrogen) atoms. The lowest BCUT2D eigenvalue weighted by molar-refractivity contribution is 0.0694. The van der Waals surface area contributed by atoms with Crippen LogP contribution in [-0.4, -0.2) is 15.5 Å². The monoisotopic (exact) mass is 365 g/mol. The Bertz CT molecular complexity index is 1130. The molecular weight excluding hydrogens is 345 g/mol. The Kier molecular flexibility index (Phi) is 4.10. The van der Waals surface area contributed by atoms with Gasteiger partial charge < -0.3 is 5.11 Å². The van der Waals surface area contributed by atoms with Crippen LogP contribution in [0.25, 0.3) is 16.6 Å². The van der Waals surface area contributed by atoms with E-state index in [1.54, 1.807) is 6.92 Å². The molecular formula is C22H20FNO3. The average Bonchev–Trinajstić information content (AvgIpc) is 3.48. The zero-order chi connectivity index (χ0) is 19.3. The maximum absolute atomic E-state index is 15.0. The lowest BCUT2D eigenvalue weighted by Gasteiger charge is -2.16. The molecule has 0 unspecified atom stereocenters. The number of carbonyl (C=O) groups is 1. The average molecular weight is 365 g/mol. The maximum atomic E-state index is 15.0. The van der Waals surface area contributed by atoms with Crippen LogP contribution in [-0.2, 0) is 6.42 Å². The molecule has 1 aliphatic rings. The predicted molar refractivity (Wildman–Crippen MR) is 102 cm³/mol. The topological polar surface area (TPSA) is 58.8 Å². The van der Waals surface area contributed by atoms with Gasteiger partial charge in [0.25, 0.3) is 5.56 Å². The number of benzene rings is 1. The van der Waals surface area contributed by atoms with Crippen LogP contribution >= 0.6 is 0 Å². The summed E-state index contributed by atoms with van der Waals surface area (Å²) in [5, 5.41) is 9.37. The normalized spacial score (nSPS) is 13.9. The highest BCUT2D eigenvalue weighted by atomic mass is 19.1. The van der Waals surface area contributed by atoms with Gasteiger partial charge >= 0.3 is 5.97 Å². The van der Waals surface area contributed by atoms with E-state index in [4.69, 9.17) is 0 Å². The van der Waals surface area contributed by atoms with Crippen LogP contribution in [0, 0.1) is 12.7 Å². The van der Waals surface area contributed by atoms with Gasteiger partial charge in [-0.25, -0.2) is 9.18 Å². The van der Waals surface area contributed by atoms with E-state index >= 15 is 4.39 Å². The first-order valence-electron chi connectivity index (χ1n) is 9.13. The summed E-state index contributed by atoms with van der Waals surface area (Å²) in [7, 11) is 0. The number of pyridine rings is 2. The summed E-state index contributed by atoms with van der Waals surface area (Å²) in [4.78, 5) is 24.1. The Hall–Kier alpha value is -2.95. The van der Waals surface area contributed by atoms with Gasteiger partial charge in [0.1, 0.15) is 11.4 Å². The van der Waals surface area contributed by atoms with Crippen molar-refractivity contribution in [2.45, 2.75) is 39.0 Å². The summed E-state index contributed by atoms with van der Waals surface area (Å²) >= 11 is 0. The third-order valence-electron chi connectivity index (χ3n) is 5.37. The smallest absolute Gasteiger partial charge is 0.341 e. The van der Waals surface area contributed by atoms with Crippen LogP contribution < -0.4 is 5.56 Å². The molecule has 1 aromatic carbocycles. The highest BCUT2D eigenvalue weighted by molar-refractivity contribution is 5.89. The van der Waals surface area contributed by atoms with Crippen molar-refractivity contribution in [1.82, 2.24) is 4.40 Å². The Labute approximate surface area is 155 Å². The fourth-order valence-corrected chi connectivity index (χ4v) is 3.77. The Morgan fingerprint density at radius 3 is 2.48 bits per heavy atom. The number of carboxylic acids is 1. The fraction of sp³-hybridized carbons (Fsp3) is 0.273. The van der Waals surface area contributed by atoms with E-state index in [2.05, 4.69) is 6.92 Å². The zero-order valence-corrected chi connectivity index (χ0v) is 15.3. The van der Waals surface area contributed by atoms with E-state index < -0.39 is 17.3 Å². The van der Waals surface area contributed by atoms with Crippen molar-refractivity contribution in [3.05, 3.63) is 75.0 Å². The standard InChI is InChI=1S/C22H20FNO3/c1-3-13-4-6-15(7-5-13)19-12(2)20-16(14-8-9-14)10-17(22(26)27)21(25)24(20)11-18(19)23/h4-7,10-11,14H,3,8-9H2,1-2H3,(H,26,27). The fourth-order valence-electron chi connectivity index (χ4n) is 3.77. The second kappa shape index (κ2) is 6.34. The molecule has 3 aromatic rings. The highest BCUT2D eigenvalue weighted by Crippen LogP contribution is 2.43. The lowest BCUT2D eigenvalue weighted by atomic mass is 9.95.